The van der Waals surface area contributed by atoms with Gasteiger partial charge >= 0.3 is 5.97 Å². The van der Waals surface area contributed by atoms with Crippen molar-refractivity contribution in [2.24, 2.45) is 0 Å². The molecular formula is C13H10ClNO2. The summed E-state index contributed by atoms with van der Waals surface area (Å²) in [6.07, 6.45) is -0.110. The standard InChI is InChI=1S/C13H10ClNO2/c14-13-10(8-12(16)17)6-7-11(15-13)9-4-2-1-3-5-9/h1-7H,8H2,(H,16,17). The van der Waals surface area contributed by atoms with Crippen molar-refractivity contribution in [1.82, 2.24) is 4.98 Å². The predicted octanol–water partition coefficient (Wildman–Crippen LogP) is 3.03. The normalized spacial score (nSPS) is 10.2. The lowest BCUT2D eigenvalue weighted by atomic mass is 10.1. The average Bonchev–Trinajstić information content (AvgIpc) is 2.32. The van der Waals surface area contributed by atoms with Crippen molar-refractivity contribution in [2.45, 2.75) is 6.42 Å². The third-order valence-corrected chi connectivity index (χ3v) is 2.66. The molecule has 0 radical (unpaired) electrons. The van der Waals surface area contributed by atoms with Crippen LogP contribution in [-0.2, 0) is 11.2 Å². The second kappa shape index (κ2) is 4.97. The van der Waals surface area contributed by atoms with Gasteiger partial charge in [0.15, 0.2) is 0 Å². The van der Waals surface area contributed by atoms with Gasteiger partial charge in [-0.2, -0.15) is 0 Å². The molecule has 1 aromatic heterocycles. The summed E-state index contributed by atoms with van der Waals surface area (Å²) < 4.78 is 0. The Kier molecular flexibility index (Phi) is 3.40. The average molecular weight is 248 g/mol. The summed E-state index contributed by atoms with van der Waals surface area (Å²) in [6, 6.07) is 13.1. The summed E-state index contributed by atoms with van der Waals surface area (Å²) in [5.74, 6) is -0.916. The van der Waals surface area contributed by atoms with Crippen LogP contribution < -0.4 is 0 Å². The molecule has 17 heavy (non-hydrogen) atoms. The molecular weight excluding hydrogens is 238 g/mol. The van der Waals surface area contributed by atoms with Crippen molar-refractivity contribution in [1.29, 1.82) is 0 Å². The van der Waals surface area contributed by atoms with Gasteiger partial charge in [0.2, 0.25) is 0 Å². The lowest BCUT2D eigenvalue weighted by molar-refractivity contribution is -0.136. The minimum atomic E-state index is -0.916. The molecule has 0 atom stereocenters. The predicted molar refractivity (Wildman–Crippen MR) is 66.0 cm³/mol. The van der Waals surface area contributed by atoms with Crippen molar-refractivity contribution in [2.75, 3.05) is 0 Å². The molecule has 0 aliphatic rings. The van der Waals surface area contributed by atoms with Crippen LogP contribution in [0.2, 0.25) is 5.15 Å². The van der Waals surface area contributed by atoms with E-state index in [2.05, 4.69) is 4.98 Å². The van der Waals surface area contributed by atoms with E-state index in [1.165, 1.54) is 0 Å². The summed E-state index contributed by atoms with van der Waals surface area (Å²) in [4.78, 5) is 14.8. The largest absolute Gasteiger partial charge is 0.481 e. The van der Waals surface area contributed by atoms with Gasteiger partial charge in [-0.1, -0.05) is 48.0 Å². The molecule has 0 bridgehead atoms. The van der Waals surface area contributed by atoms with E-state index in [4.69, 9.17) is 16.7 Å². The Hall–Kier alpha value is -1.87. The molecule has 0 fully saturated rings. The lowest BCUT2D eigenvalue weighted by Crippen LogP contribution is -2.01. The van der Waals surface area contributed by atoms with E-state index >= 15 is 0 Å². The topological polar surface area (TPSA) is 50.2 Å². The highest BCUT2D eigenvalue weighted by atomic mass is 35.5. The maximum atomic E-state index is 10.6. The van der Waals surface area contributed by atoms with E-state index in [9.17, 15) is 4.79 Å². The number of aliphatic carboxylic acids is 1. The molecule has 0 spiro atoms. The molecule has 0 aliphatic heterocycles. The highest BCUT2D eigenvalue weighted by Crippen LogP contribution is 2.21. The van der Waals surface area contributed by atoms with Gasteiger partial charge in [0.25, 0.3) is 0 Å². The van der Waals surface area contributed by atoms with E-state index < -0.39 is 5.97 Å². The van der Waals surface area contributed by atoms with E-state index in [1.807, 2.05) is 30.3 Å². The van der Waals surface area contributed by atoms with Crippen LogP contribution in [0.25, 0.3) is 11.3 Å². The van der Waals surface area contributed by atoms with Crippen LogP contribution in [0.4, 0.5) is 0 Å². The molecule has 86 valence electrons. The molecule has 0 saturated heterocycles. The molecule has 2 rings (SSSR count). The van der Waals surface area contributed by atoms with Gasteiger partial charge in [-0.15, -0.1) is 0 Å². The monoisotopic (exact) mass is 247 g/mol. The summed E-state index contributed by atoms with van der Waals surface area (Å²) >= 11 is 5.95. The third-order valence-electron chi connectivity index (χ3n) is 2.34. The smallest absolute Gasteiger partial charge is 0.307 e. The zero-order chi connectivity index (χ0) is 12.3. The van der Waals surface area contributed by atoms with Crippen LogP contribution in [0.1, 0.15) is 5.56 Å². The van der Waals surface area contributed by atoms with Crippen LogP contribution in [0, 0.1) is 0 Å². The maximum Gasteiger partial charge on any atom is 0.307 e. The fourth-order valence-corrected chi connectivity index (χ4v) is 1.75. The Bertz CT molecular complexity index is 540. The Morgan fingerprint density at radius 2 is 1.88 bits per heavy atom. The van der Waals surface area contributed by atoms with Gasteiger partial charge in [0.1, 0.15) is 5.15 Å². The number of rotatable bonds is 3. The first-order valence-electron chi connectivity index (χ1n) is 5.09. The van der Waals surface area contributed by atoms with E-state index in [1.54, 1.807) is 12.1 Å². The summed E-state index contributed by atoms with van der Waals surface area (Å²) in [5.41, 5.74) is 2.22. The maximum absolute atomic E-state index is 10.6. The number of carboxylic acid groups (broad SMARTS) is 1. The van der Waals surface area contributed by atoms with Crippen LogP contribution in [0.15, 0.2) is 42.5 Å². The minimum absolute atomic E-state index is 0.110. The van der Waals surface area contributed by atoms with Crippen LogP contribution in [-0.4, -0.2) is 16.1 Å². The van der Waals surface area contributed by atoms with E-state index in [-0.39, 0.29) is 11.6 Å². The number of halogens is 1. The van der Waals surface area contributed by atoms with Gasteiger partial charge in [-0.05, 0) is 6.07 Å². The molecule has 4 heteroatoms. The van der Waals surface area contributed by atoms with Crippen LogP contribution >= 0.6 is 11.6 Å². The Labute approximate surface area is 104 Å². The zero-order valence-electron chi connectivity index (χ0n) is 8.93. The number of hydrogen-bond donors (Lipinski definition) is 1. The fourth-order valence-electron chi connectivity index (χ4n) is 1.53. The van der Waals surface area contributed by atoms with Crippen molar-refractivity contribution in [3.63, 3.8) is 0 Å². The third kappa shape index (κ3) is 2.82. The molecule has 0 unspecified atom stereocenters. The van der Waals surface area contributed by atoms with Gasteiger partial charge in [0.05, 0.1) is 12.1 Å². The number of pyridine rings is 1. The van der Waals surface area contributed by atoms with E-state index in [0.717, 1.165) is 11.3 Å². The fraction of sp³-hybridized carbons (Fsp3) is 0.0769. The molecule has 2 aromatic rings. The van der Waals surface area contributed by atoms with Gasteiger partial charge in [-0.3, -0.25) is 4.79 Å². The first-order chi connectivity index (χ1) is 8.16. The summed E-state index contributed by atoms with van der Waals surface area (Å²) in [7, 11) is 0. The van der Waals surface area contributed by atoms with Gasteiger partial charge < -0.3 is 5.11 Å². The molecule has 0 aliphatic carbocycles. The highest BCUT2D eigenvalue weighted by molar-refractivity contribution is 6.30. The van der Waals surface area contributed by atoms with Crippen LogP contribution in [0.3, 0.4) is 0 Å². The zero-order valence-corrected chi connectivity index (χ0v) is 9.69. The van der Waals surface area contributed by atoms with Crippen molar-refractivity contribution < 1.29 is 9.90 Å². The van der Waals surface area contributed by atoms with Gasteiger partial charge in [-0.25, -0.2) is 4.98 Å². The summed E-state index contributed by atoms with van der Waals surface area (Å²) in [6.45, 7) is 0. The van der Waals surface area contributed by atoms with Gasteiger partial charge in [0, 0.05) is 11.1 Å². The first-order valence-corrected chi connectivity index (χ1v) is 5.47. The van der Waals surface area contributed by atoms with Crippen molar-refractivity contribution in [3.8, 4) is 11.3 Å². The SMILES string of the molecule is O=C(O)Cc1ccc(-c2ccccc2)nc1Cl. The highest BCUT2D eigenvalue weighted by Gasteiger charge is 2.08. The summed E-state index contributed by atoms with van der Waals surface area (Å²) in [5, 5.41) is 8.94. The number of carbonyl (C=O) groups is 1. The minimum Gasteiger partial charge on any atom is -0.481 e. The number of carboxylic acids is 1. The second-order valence-corrected chi connectivity index (χ2v) is 3.94. The Balaban J connectivity index is 2.34. The molecule has 1 heterocycles. The Morgan fingerprint density at radius 3 is 2.47 bits per heavy atom. The van der Waals surface area contributed by atoms with Crippen molar-refractivity contribution in [3.05, 3.63) is 53.2 Å². The lowest BCUT2D eigenvalue weighted by Gasteiger charge is -2.04. The number of hydrogen-bond acceptors (Lipinski definition) is 2. The number of nitrogens with zero attached hydrogens (tertiary/aromatic N) is 1. The second-order valence-electron chi connectivity index (χ2n) is 3.58. The molecule has 0 amide bonds. The molecule has 1 aromatic carbocycles. The Morgan fingerprint density at radius 1 is 1.18 bits per heavy atom. The number of benzene rings is 1. The first kappa shape index (κ1) is 11.6. The van der Waals surface area contributed by atoms with Crippen molar-refractivity contribution >= 4 is 17.6 Å². The van der Waals surface area contributed by atoms with Crippen LogP contribution in [0.5, 0.6) is 0 Å². The molecule has 3 nitrogen and oxygen atoms in total. The number of aromatic nitrogens is 1. The van der Waals surface area contributed by atoms with E-state index in [0.29, 0.717) is 5.56 Å². The quantitative estimate of drug-likeness (QED) is 0.849. The molecule has 0 saturated carbocycles. The molecule has 1 N–H and O–H groups in total.